The number of rotatable bonds is 2. The Bertz CT molecular complexity index is 302. The molecule has 0 spiro atoms. The first-order chi connectivity index (χ1) is 7.82. The third-order valence-electron chi connectivity index (χ3n) is 2.84. The highest BCUT2D eigenvalue weighted by molar-refractivity contribution is 6.34. The van der Waals surface area contributed by atoms with E-state index in [0.717, 1.165) is 19.4 Å². The smallest absolute Gasteiger partial charge is 0.323 e. The fourth-order valence-corrected chi connectivity index (χ4v) is 1.92. The average molecular weight is 242 g/mol. The number of hydrogen-bond donors (Lipinski definition) is 3. The molecule has 1 heterocycles. The van der Waals surface area contributed by atoms with E-state index in [1.165, 1.54) is 4.90 Å². The van der Waals surface area contributed by atoms with E-state index in [0.29, 0.717) is 0 Å². The monoisotopic (exact) mass is 242 g/mol. The Hall–Kier alpha value is -1.14. The van der Waals surface area contributed by atoms with Crippen molar-refractivity contribution in [3.8, 4) is 0 Å². The molecule has 98 valence electrons. The number of nitrogens with zero attached hydrogens (tertiary/aromatic N) is 1. The van der Waals surface area contributed by atoms with Crippen LogP contribution in [0.5, 0.6) is 0 Å². The van der Waals surface area contributed by atoms with Crippen molar-refractivity contribution in [2.75, 3.05) is 20.6 Å². The van der Waals surface area contributed by atoms with Crippen molar-refractivity contribution >= 4 is 11.8 Å². The summed E-state index contributed by atoms with van der Waals surface area (Å²) < 4.78 is 0. The van der Waals surface area contributed by atoms with Crippen molar-refractivity contribution < 1.29 is 9.59 Å². The van der Waals surface area contributed by atoms with Crippen molar-refractivity contribution in [1.82, 2.24) is 21.1 Å². The van der Waals surface area contributed by atoms with E-state index >= 15 is 0 Å². The van der Waals surface area contributed by atoms with Gasteiger partial charge >= 0.3 is 11.8 Å². The van der Waals surface area contributed by atoms with Gasteiger partial charge in [-0.15, -0.1) is 0 Å². The van der Waals surface area contributed by atoms with Gasteiger partial charge in [0, 0.05) is 25.7 Å². The molecule has 0 bridgehead atoms. The second kappa shape index (κ2) is 5.46. The van der Waals surface area contributed by atoms with Gasteiger partial charge in [0.05, 0.1) is 0 Å². The van der Waals surface area contributed by atoms with Crippen LogP contribution in [0.3, 0.4) is 0 Å². The Kier molecular flexibility index (Phi) is 4.47. The largest absolute Gasteiger partial charge is 0.341 e. The number of piperidine rings is 1. The molecule has 1 fully saturated rings. The minimum atomic E-state index is -0.619. The lowest BCUT2D eigenvalue weighted by Gasteiger charge is -2.36. The molecule has 2 amide bonds. The summed E-state index contributed by atoms with van der Waals surface area (Å²) in [5.74, 6) is -1.17. The van der Waals surface area contributed by atoms with E-state index in [1.807, 2.05) is 0 Å². The van der Waals surface area contributed by atoms with Crippen LogP contribution in [0.2, 0.25) is 0 Å². The van der Waals surface area contributed by atoms with Crippen molar-refractivity contribution in [1.29, 1.82) is 0 Å². The molecule has 1 aliphatic heterocycles. The van der Waals surface area contributed by atoms with E-state index in [4.69, 9.17) is 0 Å². The number of carbonyl (C=O) groups is 2. The van der Waals surface area contributed by atoms with Crippen LogP contribution in [0.1, 0.15) is 26.7 Å². The van der Waals surface area contributed by atoms with E-state index in [2.05, 4.69) is 30.0 Å². The maximum Gasteiger partial charge on any atom is 0.323 e. The van der Waals surface area contributed by atoms with Crippen molar-refractivity contribution in [3.63, 3.8) is 0 Å². The number of hydrogen-bond acceptors (Lipinski definition) is 4. The number of hydrazine groups is 1. The quantitative estimate of drug-likeness (QED) is 0.439. The average Bonchev–Trinajstić information content (AvgIpc) is 2.23. The number of likely N-dealkylation sites (N-methyl/N-ethyl adjacent to an activating group) is 1. The summed E-state index contributed by atoms with van der Waals surface area (Å²) in [5.41, 5.74) is 5.45. The van der Waals surface area contributed by atoms with Gasteiger partial charge in [0.25, 0.3) is 0 Å². The minimum absolute atomic E-state index is 0.0617. The summed E-state index contributed by atoms with van der Waals surface area (Å²) >= 11 is 0. The normalized spacial score (nSPS) is 22.9. The maximum absolute atomic E-state index is 11.4. The summed E-state index contributed by atoms with van der Waals surface area (Å²) in [6.45, 7) is 5.14. The fraction of sp³-hybridized carbons (Fsp3) is 0.818. The van der Waals surface area contributed by atoms with Gasteiger partial charge in [0.15, 0.2) is 0 Å². The molecular weight excluding hydrogens is 220 g/mol. The molecule has 0 saturated carbocycles. The van der Waals surface area contributed by atoms with Crippen molar-refractivity contribution in [2.45, 2.75) is 38.3 Å². The summed E-state index contributed by atoms with van der Waals surface area (Å²) in [4.78, 5) is 24.0. The first-order valence-corrected chi connectivity index (χ1v) is 5.84. The summed E-state index contributed by atoms with van der Waals surface area (Å²) in [6.07, 6.45) is 1.84. The molecular formula is C11H22N4O2. The molecule has 0 radical (unpaired) electrons. The molecule has 1 rings (SSSR count). The van der Waals surface area contributed by atoms with Crippen LogP contribution in [0.25, 0.3) is 0 Å². The molecule has 1 unspecified atom stereocenters. The molecule has 1 saturated heterocycles. The highest BCUT2D eigenvalue weighted by Gasteiger charge is 2.27. The van der Waals surface area contributed by atoms with E-state index in [-0.39, 0.29) is 11.6 Å². The van der Waals surface area contributed by atoms with Crippen LogP contribution in [-0.4, -0.2) is 48.9 Å². The van der Waals surface area contributed by atoms with Crippen molar-refractivity contribution in [3.05, 3.63) is 0 Å². The summed E-state index contributed by atoms with van der Waals surface area (Å²) in [6, 6.07) is 0.199. The molecule has 0 aromatic rings. The van der Waals surface area contributed by atoms with Gasteiger partial charge < -0.3 is 10.2 Å². The van der Waals surface area contributed by atoms with Crippen LogP contribution >= 0.6 is 0 Å². The van der Waals surface area contributed by atoms with Gasteiger partial charge in [0.1, 0.15) is 0 Å². The van der Waals surface area contributed by atoms with E-state index in [9.17, 15) is 9.59 Å². The predicted molar refractivity (Wildman–Crippen MR) is 65.1 cm³/mol. The Morgan fingerprint density at radius 2 is 2.00 bits per heavy atom. The third kappa shape index (κ3) is 4.32. The van der Waals surface area contributed by atoms with E-state index < -0.39 is 11.8 Å². The van der Waals surface area contributed by atoms with Gasteiger partial charge in [-0.2, -0.15) is 0 Å². The zero-order valence-corrected chi connectivity index (χ0v) is 11.0. The zero-order valence-electron chi connectivity index (χ0n) is 11.0. The highest BCUT2D eigenvalue weighted by atomic mass is 16.2. The molecule has 3 N–H and O–H groups in total. The predicted octanol–water partition coefficient (Wildman–Crippen LogP) is -0.774. The van der Waals surface area contributed by atoms with Crippen LogP contribution in [0.15, 0.2) is 0 Å². The summed E-state index contributed by atoms with van der Waals surface area (Å²) in [5, 5.41) is 3.39. The van der Waals surface area contributed by atoms with Crippen LogP contribution in [-0.2, 0) is 9.59 Å². The molecule has 0 aromatic heterocycles. The molecule has 1 atom stereocenters. The Morgan fingerprint density at radius 1 is 1.35 bits per heavy atom. The molecule has 0 aromatic carbocycles. The van der Waals surface area contributed by atoms with E-state index in [1.54, 1.807) is 14.1 Å². The van der Waals surface area contributed by atoms with Gasteiger partial charge in [-0.25, -0.2) is 5.43 Å². The zero-order chi connectivity index (χ0) is 13.1. The van der Waals surface area contributed by atoms with Gasteiger partial charge in [-0.3, -0.25) is 15.0 Å². The van der Waals surface area contributed by atoms with Gasteiger partial charge in [0.2, 0.25) is 0 Å². The first kappa shape index (κ1) is 13.9. The Balaban J connectivity index is 2.36. The van der Waals surface area contributed by atoms with Crippen molar-refractivity contribution in [2.24, 2.45) is 0 Å². The molecule has 0 aliphatic carbocycles. The summed E-state index contributed by atoms with van der Waals surface area (Å²) in [7, 11) is 3.10. The van der Waals surface area contributed by atoms with Gasteiger partial charge in [-0.05, 0) is 33.2 Å². The number of nitrogens with one attached hydrogen (secondary N) is 3. The second-order valence-electron chi connectivity index (χ2n) is 5.30. The lowest BCUT2D eigenvalue weighted by Crippen LogP contribution is -2.57. The maximum atomic E-state index is 11.4. The Labute approximate surface area is 102 Å². The second-order valence-corrected chi connectivity index (χ2v) is 5.30. The molecule has 1 aliphatic rings. The lowest BCUT2D eigenvalue weighted by atomic mass is 9.90. The fourth-order valence-electron chi connectivity index (χ4n) is 1.92. The standard InChI is InChI=1S/C11H22N4O2/c1-11(2)7-8(5-6-12-11)13-14-9(16)10(17)15(3)4/h8,12-13H,5-7H2,1-4H3,(H,14,16). The highest BCUT2D eigenvalue weighted by Crippen LogP contribution is 2.17. The molecule has 6 heteroatoms. The van der Waals surface area contributed by atoms with Crippen LogP contribution in [0.4, 0.5) is 0 Å². The topological polar surface area (TPSA) is 73.5 Å². The third-order valence-corrected chi connectivity index (χ3v) is 2.84. The van der Waals surface area contributed by atoms with Crippen LogP contribution in [0, 0.1) is 0 Å². The minimum Gasteiger partial charge on any atom is -0.341 e. The lowest BCUT2D eigenvalue weighted by molar-refractivity contribution is -0.144. The number of carbonyl (C=O) groups excluding carboxylic acids is 2. The van der Waals surface area contributed by atoms with Crippen LogP contribution < -0.4 is 16.2 Å². The SMILES string of the molecule is CN(C)C(=O)C(=O)NNC1CCNC(C)(C)C1. The molecule has 17 heavy (non-hydrogen) atoms. The molecule has 6 nitrogen and oxygen atoms in total. The van der Waals surface area contributed by atoms with Gasteiger partial charge in [-0.1, -0.05) is 0 Å². The first-order valence-electron chi connectivity index (χ1n) is 5.84. The number of amides is 2. The Morgan fingerprint density at radius 3 is 2.53 bits per heavy atom.